The Labute approximate surface area is 148 Å². The Balaban J connectivity index is 1.99. The van der Waals surface area contributed by atoms with Crippen molar-refractivity contribution in [2.45, 2.75) is 20.4 Å². The van der Waals surface area contributed by atoms with Crippen LogP contribution in [0.3, 0.4) is 0 Å². The molecule has 25 heavy (non-hydrogen) atoms. The van der Waals surface area contributed by atoms with Crippen LogP contribution < -0.4 is 10.5 Å². The molecule has 0 saturated carbocycles. The summed E-state index contributed by atoms with van der Waals surface area (Å²) in [6.07, 6.45) is 0. The zero-order valence-electron chi connectivity index (χ0n) is 14.7. The molecule has 3 rings (SSSR count). The Hall–Kier alpha value is -2.53. The second kappa shape index (κ2) is 7.15. The van der Waals surface area contributed by atoms with Gasteiger partial charge in [0.05, 0.1) is 6.54 Å². The molecule has 1 aliphatic rings. The number of hydrogen-bond donors (Lipinski definition) is 2. The molecular formula is C20H24N2O3. The van der Waals surface area contributed by atoms with E-state index in [1.54, 1.807) is 11.0 Å². The normalized spacial score (nSPS) is 15.1. The second-order valence-electron chi connectivity index (χ2n) is 6.54. The highest BCUT2D eigenvalue weighted by atomic mass is 16.5. The quantitative estimate of drug-likeness (QED) is 0.901. The molecule has 2 aromatic rings. The zero-order valence-corrected chi connectivity index (χ0v) is 14.7. The summed E-state index contributed by atoms with van der Waals surface area (Å²) in [6, 6.07) is 11.7. The van der Waals surface area contributed by atoms with Crippen LogP contribution in [0.1, 0.15) is 18.1 Å². The molecule has 0 aromatic heterocycles. The van der Waals surface area contributed by atoms with Gasteiger partial charge in [-0.05, 0) is 35.7 Å². The highest BCUT2D eigenvalue weighted by molar-refractivity contribution is 5.79. The van der Waals surface area contributed by atoms with Gasteiger partial charge in [0.25, 0.3) is 0 Å². The van der Waals surface area contributed by atoms with Crippen molar-refractivity contribution in [1.82, 2.24) is 4.90 Å². The minimum absolute atomic E-state index is 0.0136. The summed E-state index contributed by atoms with van der Waals surface area (Å²) in [5.74, 6) is 0.361. The fraction of sp³-hybridized carbons (Fsp3) is 0.350. The molecule has 1 aliphatic heterocycles. The molecule has 2 aromatic carbocycles. The fourth-order valence-corrected chi connectivity index (χ4v) is 3.15. The van der Waals surface area contributed by atoms with Gasteiger partial charge in [0, 0.05) is 24.6 Å². The lowest BCUT2D eigenvalue weighted by atomic mass is 9.97. The first-order valence-corrected chi connectivity index (χ1v) is 8.54. The maximum absolute atomic E-state index is 12.5. The average molecular weight is 340 g/mol. The van der Waals surface area contributed by atoms with Gasteiger partial charge in [-0.25, -0.2) is 0 Å². The SMILES string of the molecule is Cc1ccccc1-c1cc(O)c2c(c1)CN(C(=O)[C@@H](C)CN)CCO2. The Morgan fingerprint density at radius 2 is 2.12 bits per heavy atom. The number of aromatic hydroxyl groups is 1. The minimum atomic E-state index is -0.227. The van der Waals surface area contributed by atoms with Gasteiger partial charge in [-0.2, -0.15) is 0 Å². The third kappa shape index (κ3) is 3.46. The topological polar surface area (TPSA) is 75.8 Å². The van der Waals surface area contributed by atoms with Crippen molar-refractivity contribution in [3.05, 3.63) is 47.5 Å². The first kappa shape index (κ1) is 17.3. The number of carbonyl (C=O) groups excluding carboxylic acids is 1. The third-order valence-electron chi connectivity index (χ3n) is 4.66. The summed E-state index contributed by atoms with van der Waals surface area (Å²) < 4.78 is 5.72. The molecule has 0 radical (unpaired) electrons. The lowest BCUT2D eigenvalue weighted by molar-refractivity contribution is -0.135. The van der Waals surface area contributed by atoms with Crippen molar-refractivity contribution >= 4 is 5.91 Å². The van der Waals surface area contributed by atoms with Gasteiger partial charge in [0.2, 0.25) is 5.91 Å². The van der Waals surface area contributed by atoms with E-state index in [1.807, 2.05) is 44.2 Å². The van der Waals surface area contributed by atoms with Gasteiger partial charge in [0.15, 0.2) is 11.5 Å². The number of nitrogens with two attached hydrogens (primary N) is 1. The highest BCUT2D eigenvalue weighted by Crippen LogP contribution is 2.38. The Morgan fingerprint density at radius 1 is 1.36 bits per heavy atom. The van der Waals surface area contributed by atoms with E-state index >= 15 is 0 Å². The lowest BCUT2D eigenvalue weighted by Gasteiger charge is -2.23. The van der Waals surface area contributed by atoms with E-state index in [9.17, 15) is 9.90 Å². The molecule has 0 fully saturated rings. The number of phenolic OH excluding ortho intramolecular Hbond substituents is 1. The molecule has 0 aliphatic carbocycles. The molecule has 5 heteroatoms. The molecule has 0 bridgehead atoms. The fourth-order valence-electron chi connectivity index (χ4n) is 3.15. The summed E-state index contributed by atoms with van der Waals surface area (Å²) in [5.41, 5.74) is 9.54. The number of ether oxygens (including phenoxy) is 1. The van der Waals surface area contributed by atoms with E-state index in [0.29, 0.717) is 32.0 Å². The van der Waals surface area contributed by atoms with E-state index in [1.165, 1.54) is 0 Å². The largest absolute Gasteiger partial charge is 0.504 e. The number of amides is 1. The average Bonchev–Trinajstić information content (AvgIpc) is 2.83. The van der Waals surface area contributed by atoms with Crippen LogP contribution >= 0.6 is 0 Å². The summed E-state index contributed by atoms with van der Waals surface area (Å²) in [7, 11) is 0. The van der Waals surface area contributed by atoms with Crippen LogP contribution in [0.15, 0.2) is 36.4 Å². The molecule has 3 N–H and O–H groups in total. The molecule has 0 saturated heterocycles. The number of carbonyl (C=O) groups is 1. The number of phenols is 1. The number of rotatable bonds is 3. The molecule has 1 atom stereocenters. The first-order chi connectivity index (χ1) is 12.0. The molecule has 132 valence electrons. The van der Waals surface area contributed by atoms with Crippen molar-refractivity contribution in [2.75, 3.05) is 19.7 Å². The van der Waals surface area contributed by atoms with Gasteiger partial charge < -0.3 is 20.5 Å². The van der Waals surface area contributed by atoms with Crippen molar-refractivity contribution in [2.24, 2.45) is 11.7 Å². The maximum atomic E-state index is 12.5. The molecule has 0 spiro atoms. The van der Waals surface area contributed by atoms with Crippen molar-refractivity contribution in [3.63, 3.8) is 0 Å². The highest BCUT2D eigenvalue weighted by Gasteiger charge is 2.25. The van der Waals surface area contributed by atoms with E-state index in [4.69, 9.17) is 10.5 Å². The van der Waals surface area contributed by atoms with E-state index in [2.05, 4.69) is 0 Å². The third-order valence-corrected chi connectivity index (χ3v) is 4.66. The van der Waals surface area contributed by atoms with Crippen LogP contribution in [0.5, 0.6) is 11.5 Å². The van der Waals surface area contributed by atoms with Gasteiger partial charge >= 0.3 is 0 Å². The van der Waals surface area contributed by atoms with Crippen LogP contribution in [-0.2, 0) is 11.3 Å². The maximum Gasteiger partial charge on any atom is 0.227 e. The van der Waals surface area contributed by atoms with E-state index < -0.39 is 0 Å². The number of hydrogen-bond acceptors (Lipinski definition) is 4. The molecule has 5 nitrogen and oxygen atoms in total. The number of aryl methyl sites for hydroxylation is 1. The predicted octanol–water partition coefficient (Wildman–Crippen LogP) is 2.68. The monoisotopic (exact) mass is 340 g/mol. The smallest absolute Gasteiger partial charge is 0.227 e. The van der Waals surface area contributed by atoms with Crippen LogP contribution in [0.4, 0.5) is 0 Å². The van der Waals surface area contributed by atoms with Crippen LogP contribution in [0, 0.1) is 12.8 Å². The van der Waals surface area contributed by atoms with Crippen LogP contribution in [-0.4, -0.2) is 35.6 Å². The van der Waals surface area contributed by atoms with Gasteiger partial charge in [-0.15, -0.1) is 0 Å². The van der Waals surface area contributed by atoms with Gasteiger partial charge in [-0.3, -0.25) is 4.79 Å². The van der Waals surface area contributed by atoms with Crippen molar-refractivity contribution in [1.29, 1.82) is 0 Å². The van der Waals surface area contributed by atoms with Crippen molar-refractivity contribution in [3.8, 4) is 22.6 Å². The lowest BCUT2D eigenvalue weighted by Crippen LogP contribution is -2.38. The minimum Gasteiger partial charge on any atom is -0.504 e. The Kier molecular flexibility index (Phi) is 4.95. The number of nitrogens with zero attached hydrogens (tertiary/aromatic N) is 1. The Morgan fingerprint density at radius 3 is 2.84 bits per heavy atom. The molecule has 1 heterocycles. The first-order valence-electron chi connectivity index (χ1n) is 8.54. The second-order valence-corrected chi connectivity index (χ2v) is 6.54. The summed E-state index contributed by atoms with van der Waals surface area (Å²) >= 11 is 0. The van der Waals surface area contributed by atoms with E-state index in [0.717, 1.165) is 22.3 Å². The number of benzene rings is 2. The predicted molar refractivity (Wildman–Crippen MR) is 97.4 cm³/mol. The Bertz CT molecular complexity index is 789. The molecular weight excluding hydrogens is 316 g/mol. The van der Waals surface area contributed by atoms with Crippen LogP contribution in [0.2, 0.25) is 0 Å². The summed E-state index contributed by atoms with van der Waals surface area (Å²) in [4.78, 5) is 14.3. The molecule has 0 unspecified atom stereocenters. The van der Waals surface area contributed by atoms with Crippen LogP contribution in [0.25, 0.3) is 11.1 Å². The van der Waals surface area contributed by atoms with Gasteiger partial charge in [-0.1, -0.05) is 31.2 Å². The standard InChI is InChI=1S/C20H24N2O3/c1-13-5-3-4-6-17(13)15-9-16-12-22(20(24)14(2)11-21)7-8-25-19(16)18(23)10-15/h3-6,9-10,14,23H,7-8,11-12,21H2,1-2H3/t14-/m0/s1. The van der Waals surface area contributed by atoms with Crippen molar-refractivity contribution < 1.29 is 14.6 Å². The summed E-state index contributed by atoms with van der Waals surface area (Å²) in [6.45, 7) is 5.43. The number of fused-ring (bicyclic) bond motifs is 1. The summed E-state index contributed by atoms with van der Waals surface area (Å²) in [5, 5.41) is 10.4. The van der Waals surface area contributed by atoms with Gasteiger partial charge in [0.1, 0.15) is 6.61 Å². The zero-order chi connectivity index (χ0) is 18.0. The molecule has 1 amide bonds. The van der Waals surface area contributed by atoms with E-state index in [-0.39, 0.29) is 17.6 Å².